The summed E-state index contributed by atoms with van der Waals surface area (Å²) in [7, 11) is 1.65. The van der Waals surface area contributed by atoms with Crippen LogP contribution in [0.4, 0.5) is 11.6 Å². The number of nitrogens with zero attached hydrogens (tertiary/aromatic N) is 3. The summed E-state index contributed by atoms with van der Waals surface area (Å²) in [4.78, 5) is 20.3. The third kappa shape index (κ3) is 4.76. The molecular formula is C16H17N5O2. The SMILES string of the molecule is COCCCNc1ncc(C(=O)Nc2ccccc2C#N)cn1. The van der Waals surface area contributed by atoms with E-state index in [0.29, 0.717) is 35.9 Å². The normalized spacial score (nSPS) is 9.91. The fourth-order valence-electron chi connectivity index (χ4n) is 1.84. The first-order chi connectivity index (χ1) is 11.2. The smallest absolute Gasteiger partial charge is 0.258 e. The molecular weight excluding hydrogens is 294 g/mol. The molecule has 0 unspecified atom stereocenters. The second kappa shape index (κ2) is 8.46. The van der Waals surface area contributed by atoms with E-state index < -0.39 is 0 Å². The number of rotatable bonds is 7. The number of aromatic nitrogens is 2. The van der Waals surface area contributed by atoms with Crippen molar-refractivity contribution in [1.29, 1.82) is 5.26 Å². The van der Waals surface area contributed by atoms with E-state index in [0.717, 1.165) is 6.42 Å². The number of carbonyl (C=O) groups is 1. The Morgan fingerprint density at radius 1 is 1.30 bits per heavy atom. The van der Waals surface area contributed by atoms with E-state index >= 15 is 0 Å². The van der Waals surface area contributed by atoms with Gasteiger partial charge in [0.2, 0.25) is 5.95 Å². The fraction of sp³-hybridized carbons (Fsp3) is 0.250. The largest absolute Gasteiger partial charge is 0.385 e. The summed E-state index contributed by atoms with van der Waals surface area (Å²) >= 11 is 0. The van der Waals surface area contributed by atoms with Crippen LogP contribution in [0, 0.1) is 11.3 Å². The first-order valence-corrected chi connectivity index (χ1v) is 7.10. The van der Waals surface area contributed by atoms with Crippen molar-refractivity contribution in [3.63, 3.8) is 0 Å². The molecule has 0 saturated heterocycles. The maximum atomic E-state index is 12.2. The van der Waals surface area contributed by atoms with Crippen LogP contribution < -0.4 is 10.6 Å². The number of ether oxygens (including phenoxy) is 1. The van der Waals surface area contributed by atoms with Gasteiger partial charge in [0.15, 0.2) is 0 Å². The Morgan fingerprint density at radius 3 is 2.74 bits per heavy atom. The van der Waals surface area contributed by atoms with Gasteiger partial charge in [0.25, 0.3) is 5.91 Å². The summed E-state index contributed by atoms with van der Waals surface area (Å²) < 4.78 is 4.95. The molecule has 0 saturated carbocycles. The van der Waals surface area contributed by atoms with Gasteiger partial charge in [-0.25, -0.2) is 9.97 Å². The Kier molecular flexibility index (Phi) is 6.03. The molecule has 2 rings (SSSR count). The third-order valence-electron chi connectivity index (χ3n) is 3.02. The minimum Gasteiger partial charge on any atom is -0.385 e. The molecule has 1 aromatic heterocycles. The van der Waals surface area contributed by atoms with Crippen LogP contribution >= 0.6 is 0 Å². The molecule has 1 heterocycles. The lowest BCUT2D eigenvalue weighted by Gasteiger charge is -2.07. The number of anilines is 2. The van der Waals surface area contributed by atoms with Crippen molar-refractivity contribution in [1.82, 2.24) is 9.97 Å². The molecule has 0 aliphatic carbocycles. The van der Waals surface area contributed by atoms with Gasteiger partial charge in [0.05, 0.1) is 16.8 Å². The molecule has 0 spiro atoms. The van der Waals surface area contributed by atoms with Gasteiger partial charge in [-0.05, 0) is 18.6 Å². The first-order valence-electron chi connectivity index (χ1n) is 7.10. The lowest BCUT2D eigenvalue weighted by molar-refractivity contribution is 0.102. The quantitative estimate of drug-likeness (QED) is 0.759. The Balaban J connectivity index is 1.96. The highest BCUT2D eigenvalue weighted by Crippen LogP contribution is 2.14. The number of hydrogen-bond acceptors (Lipinski definition) is 6. The average molecular weight is 311 g/mol. The zero-order chi connectivity index (χ0) is 16.5. The topological polar surface area (TPSA) is 99.9 Å². The summed E-state index contributed by atoms with van der Waals surface area (Å²) in [5.41, 5.74) is 1.18. The average Bonchev–Trinajstić information content (AvgIpc) is 2.59. The summed E-state index contributed by atoms with van der Waals surface area (Å²) in [5.74, 6) is 0.0914. The first kappa shape index (κ1) is 16.4. The Morgan fingerprint density at radius 2 is 2.04 bits per heavy atom. The summed E-state index contributed by atoms with van der Waals surface area (Å²) in [6, 6.07) is 8.82. The van der Waals surface area contributed by atoms with Crippen molar-refractivity contribution in [2.24, 2.45) is 0 Å². The maximum absolute atomic E-state index is 12.2. The van der Waals surface area contributed by atoms with E-state index in [1.54, 1.807) is 31.4 Å². The van der Waals surface area contributed by atoms with Gasteiger partial charge < -0.3 is 15.4 Å². The van der Waals surface area contributed by atoms with Crippen molar-refractivity contribution in [2.75, 3.05) is 30.9 Å². The van der Waals surface area contributed by atoms with Crippen molar-refractivity contribution in [3.05, 3.63) is 47.8 Å². The number of para-hydroxylation sites is 1. The molecule has 0 radical (unpaired) electrons. The molecule has 7 heteroatoms. The Hall–Kier alpha value is -2.98. The molecule has 23 heavy (non-hydrogen) atoms. The van der Waals surface area contributed by atoms with E-state index in [1.165, 1.54) is 12.4 Å². The lowest BCUT2D eigenvalue weighted by Crippen LogP contribution is -2.14. The molecule has 0 fully saturated rings. The highest BCUT2D eigenvalue weighted by Gasteiger charge is 2.10. The third-order valence-corrected chi connectivity index (χ3v) is 3.02. The summed E-state index contributed by atoms with van der Waals surface area (Å²) in [6.07, 6.45) is 3.72. The van der Waals surface area contributed by atoms with Gasteiger partial charge in [0, 0.05) is 32.7 Å². The van der Waals surface area contributed by atoms with Gasteiger partial charge in [-0.3, -0.25) is 4.79 Å². The Labute approximate surface area is 134 Å². The summed E-state index contributed by atoms with van der Waals surface area (Å²) in [5, 5.41) is 14.7. The number of nitriles is 1. The molecule has 0 atom stereocenters. The number of carbonyl (C=O) groups excluding carboxylic acids is 1. The highest BCUT2D eigenvalue weighted by molar-refractivity contribution is 6.04. The number of methoxy groups -OCH3 is 1. The van der Waals surface area contributed by atoms with Crippen molar-refractivity contribution >= 4 is 17.5 Å². The number of nitrogens with one attached hydrogen (secondary N) is 2. The molecule has 118 valence electrons. The van der Waals surface area contributed by atoms with Gasteiger partial charge >= 0.3 is 0 Å². The molecule has 0 bridgehead atoms. The van der Waals surface area contributed by atoms with Crippen LogP contribution in [0.15, 0.2) is 36.7 Å². The number of amides is 1. The number of benzene rings is 1. The van der Waals surface area contributed by atoms with Gasteiger partial charge in [0.1, 0.15) is 6.07 Å². The van der Waals surface area contributed by atoms with Gasteiger partial charge in [-0.2, -0.15) is 5.26 Å². The van der Waals surface area contributed by atoms with E-state index in [1.807, 2.05) is 6.07 Å². The molecule has 0 aliphatic heterocycles. The predicted octanol–water partition coefficient (Wildman–Crippen LogP) is 2.05. The van der Waals surface area contributed by atoms with Gasteiger partial charge in [-0.1, -0.05) is 12.1 Å². The van der Waals surface area contributed by atoms with Crippen LogP contribution in [0.25, 0.3) is 0 Å². The second-order valence-corrected chi connectivity index (χ2v) is 4.68. The molecule has 0 aliphatic rings. The van der Waals surface area contributed by atoms with Crippen LogP contribution in [0.3, 0.4) is 0 Å². The molecule has 2 N–H and O–H groups in total. The van der Waals surface area contributed by atoms with Crippen LogP contribution in [0.5, 0.6) is 0 Å². The zero-order valence-corrected chi connectivity index (χ0v) is 12.7. The van der Waals surface area contributed by atoms with Crippen molar-refractivity contribution in [3.8, 4) is 6.07 Å². The fourth-order valence-corrected chi connectivity index (χ4v) is 1.84. The minimum absolute atomic E-state index is 0.320. The van der Waals surface area contributed by atoms with Crippen LogP contribution in [-0.2, 0) is 4.74 Å². The maximum Gasteiger partial charge on any atom is 0.258 e. The van der Waals surface area contributed by atoms with Gasteiger partial charge in [-0.15, -0.1) is 0 Å². The van der Waals surface area contributed by atoms with E-state index in [2.05, 4.69) is 20.6 Å². The molecule has 2 aromatic rings. The standard InChI is InChI=1S/C16H17N5O2/c1-23-8-4-7-18-16-19-10-13(11-20-16)15(22)21-14-6-3-2-5-12(14)9-17/h2-3,5-6,10-11H,4,7-8H2,1H3,(H,21,22)(H,18,19,20). The van der Waals surface area contributed by atoms with Crippen molar-refractivity contribution in [2.45, 2.75) is 6.42 Å². The van der Waals surface area contributed by atoms with E-state index in [4.69, 9.17) is 10.00 Å². The van der Waals surface area contributed by atoms with Crippen LogP contribution in [-0.4, -0.2) is 36.1 Å². The van der Waals surface area contributed by atoms with Crippen LogP contribution in [0.2, 0.25) is 0 Å². The number of hydrogen-bond donors (Lipinski definition) is 2. The van der Waals surface area contributed by atoms with Crippen LogP contribution in [0.1, 0.15) is 22.3 Å². The second-order valence-electron chi connectivity index (χ2n) is 4.68. The summed E-state index contributed by atoms with van der Waals surface area (Å²) in [6.45, 7) is 1.35. The predicted molar refractivity (Wildman–Crippen MR) is 86.1 cm³/mol. The molecule has 1 amide bonds. The molecule has 7 nitrogen and oxygen atoms in total. The van der Waals surface area contributed by atoms with E-state index in [9.17, 15) is 4.79 Å². The zero-order valence-electron chi connectivity index (χ0n) is 12.7. The monoisotopic (exact) mass is 311 g/mol. The van der Waals surface area contributed by atoms with Crippen molar-refractivity contribution < 1.29 is 9.53 Å². The lowest BCUT2D eigenvalue weighted by atomic mass is 10.2. The molecule has 1 aromatic carbocycles. The highest BCUT2D eigenvalue weighted by atomic mass is 16.5. The Bertz CT molecular complexity index is 694. The van der Waals surface area contributed by atoms with E-state index in [-0.39, 0.29) is 5.91 Å². The minimum atomic E-state index is -0.362.